The number of carbonyl (C=O) groups is 1. The van der Waals surface area contributed by atoms with Gasteiger partial charge in [0.05, 0.1) is 0 Å². The van der Waals surface area contributed by atoms with Gasteiger partial charge in [-0.2, -0.15) is 4.98 Å². The van der Waals surface area contributed by atoms with E-state index in [0.717, 1.165) is 11.3 Å². The van der Waals surface area contributed by atoms with E-state index in [9.17, 15) is 9.18 Å². The molecule has 0 spiro atoms. The van der Waals surface area contributed by atoms with E-state index in [1.807, 2.05) is 36.4 Å². The average molecular weight is 384 g/mol. The number of fused-ring (bicyclic) bond motifs is 1. The second-order valence-corrected chi connectivity index (χ2v) is 6.44. The summed E-state index contributed by atoms with van der Waals surface area (Å²) in [6.45, 7) is 1.37. The van der Waals surface area contributed by atoms with Crippen LogP contribution in [-0.4, -0.2) is 20.7 Å². The van der Waals surface area contributed by atoms with Crippen molar-refractivity contribution >= 4 is 35.1 Å². The van der Waals surface area contributed by atoms with Crippen molar-refractivity contribution in [2.45, 2.75) is 13.0 Å². The number of hydrogen-bond donors (Lipinski definition) is 2. The molecule has 1 aliphatic rings. The number of benzene rings is 2. The van der Waals surface area contributed by atoms with E-state index in [2.05, 4.69) is 20.7 Å². The second kappa shape index (κ2) is 6.85. The highest BCUT2D eigenvalue weighted by Gasteiger charge is 2.28. The first-order valence-corrected chi connectivity index (χ1v) is 8.63. The van der Waals surface area contributed by atoms with Crippen molar-refractivity contribution in [2.24, 2.45) is 0 Å². The van der Waals surface area contributed by atoms with Crippen LogP contribution in [0.3, 0.4) is 0 Å². The number of aromatic nitrogens is 3. The van der Waals surface area contributed by atoms with Crippen molar-refractivity contribution in [1.29, 1.82) is 0 Å². The molecule has 3 aromatic rings. The van der Waals surface area contributed by atoms with Crippen LogP contribution >= 0.6 is 11.6 Å². The van der Waals surface area contributed by atoms with Crippen LogP contribution in [0.5, 0.6) is 0 Å². The molecular formula is C19H15ClFN5O. The van der Waals surface area contributed by atoms with Gasteiger partial charge in [0.25, 0.3) is 5.95 Å². The average Bonchev–Trinajstić information content (AvgIpc) is 3.03. The lowest BCUT2D eigenvalue weighted by Gasteiger charge is -2.25. The molecule has 1 aromatic heterocycles. The first-order valence-electron chi connectivity index (χ1n) is 8.25. The summed E-state index contributed by atoms with van der Waals surface area (Å²) in [6, 6.07) is 13.5. The fourth-order valence-corrected chi connectivity index (χ4v) is 3.26. The zero-order valence-corrected chi connectivity index (χ0v) is 15.0. The Balaban J connectivity index is 1.87. The highest BCUT2D eigenvalue weighted by atomic mass is 35.5. The Labute approximate surface area is 159 Å². The summed E-state index contributed by atoms with van der Waals surface area (Å²) >= 11 is 6.29. The lowest BCUT2D eigenvalue weighted by molar-refractivity contribution is -0.114. The molecule has 2 N–H and O–H groups in total. The first-order chi connectivity index (χ1) is 13.0. The van der Waals surface area contributed by atoms with Gasteiger partial charge in [-0.05, 0) is 23.8 Å². The molecule has 0 fully saturated rings. The molecule has 8 heteroatoms. The van der Waals surface area contributed by atoms with Crippen LogP contribution in [0.15, 0.2) is 54.6 Å². The molecular weight excluding hydrogens is 369 g/mol. The molecule has 1 atom stereocenters. The number of hydrogen-bond acceptors (Lipinski definition) is 4. The van der Waals surface area contributed by atoms with Crippen molar-refractivity contribution in [3.8, 4) is 0 Å². The normalized spacial score (nSPS) is 15.5. The number of carbonyl (C=O) groups excluding carboxylic acids is 1. The minimum absolute atomic E-state index is 0.130. The van der Waals surface area contributed by atoms with Gasteiger partial charge in [-0.1, -0.05) is 48.0 Å². The number of rotatable bonds is 3. The third-order valence-electron chi connectivity index (χ3n) is 4.13. The van der Waals surface area contributed by atoms with Crippen LogP contribution in [0.1, 0.15) is 24.1 Å². The minimum Gasteiger partial charge on any atom is -0.324 e. The van der Waals surface area contributed by atoms with Crippen molar-refractivity contribution in [2.75, 3.05) is 10.6 Å². The molecule has 2 heterocycles. The van der Waals surface area contributed by atoms with E-state index < -0.39 is 11.9 Å². The summed E-state index contributed by atoms with van der Waals surface area (Å²) < 4.78 is 16.1. The van der Waals surface area contributed by atoms with Gasteiger partial charge in [-0.3, -0.25) is 10.1 Å². The first kappa shape index (κ1) is 17.2. The zero-order chi connectivity index (χ0) is 19.0. The Morgan fingerprint density at radius 1 is 1.22 bits per heavy atom. The zero-order valence-electron chi connectivity index (χ0n) is 14.3. The Hall–Kier alpha value is -3.19. The van der Waals surface area contributed by atoms with E-state index in [4.69, 9.17) is 11.6 Å². The molecule has 0 bridgehead atoms. The van der Waals surface area contributed by atoms with E-state index in [1.54, 1.807) is 12.1 Å². The van der Waals surface area contributed by atoms with Gasteiger partial charge in [0.2, 0.25) is 11.9 Å². The van der Waals surface area contributed by atoms with Crippen LogP contribution in [-0.2, 0) is 4.79 Å². The topological polar surface area (TPSA) is 71.8 Å². The Morgan fingerprint density at radius 2 is 2.00 bits per heavy atom. The summed E-state index contributed by atoms with van der Waals surface area (Å²) in [4.78, 5) is 15.7. The molecule has 0 saturated carbocycles. The fourth-order valence-electron chi connectivity index (χ4n) is 2.99. The number of nitrogens with one attached hydrogen (secondary N) is 2. The monoisotopic (exact) mass is 383 g/mol. The van der Waals surface area contributed by atoms with E-state index in [1.165, 1.54) is 17.7 Å². The maximum atomic E-state index is 14.6. The maximum Gasteiger partial charge on any atom is 0.250 e. The maximum absolute atomic E-state index is 14.6. The van der Waals surface area contributed by atoms with E-state index in [-0.39, 0.29) is 22.4 Å². The molecule has 1 aliphatic heterocycles. The third kappa shape index (κ3) is 3.29. The predicted molar refractivity (Wildman–Crippen MR) is 102 cm³/mol. The van der Waals surface area contributed by atoms with Crippen LogP contribution in [0.2, 0.25) is 5.02 Å². The molecule has 0 saturated heterocycles. The number of allylic oxidation sites excluding steroid dienone is 1. The molecule has 4 rings (SSSR count). The summed E-state index contributed by atoms with van der Waals surface area (Å²) in [5, 5.41) is 10.3. The van der Waals surface area contributed by atoms with Crippen LogP contribution in [0.4, 0.5) is 16.3 Å². The molecule has 6 nitrogen and oxygen atoms in total. The lowest BCUT2D eigenvalue weighted by Crippen LogP contribution is -2.21. The largest absolute Gasteiger partial charge is 0.324 e. The Bertz CT molecular complexity index is 1030. The summed E-state index contributed by atoms with van der Waals surface area (Å²) in [5.74, 6) is -0.232. The van der Waals surface area contributed by atoms with E-state index in [0.29, 0.717) is 5.95 Å². The highest BCUT2D eigenvalue weighted by Crippen LogP contribution is 2.37. The van der Waals surface area contributed by atoms with Crippen molar-refractivity contribution < 1.29 is 9.18 Å². The Kier molecular flexibility index (Phi) is 4.37. The number of anilines is 2. The Morgan fingerprint density at radius 3 is 2.70 bits per heavy atom. The summed E-state index contributed by atoms with van der Waals surface area (Å²) in [5.41, 5.74) is 1.94. The summed E-state index contributed by atoms with van der Waals surface area (Å²) in [6.07, 6.45) is 1.83. The van der Waals surface area contributed by atoms with E-state index >= 15 is 0 Å². The molecule has 2 aromatic carbocycles. The second-order valence-electron chi connectivity index (χ2n) is 6.04. The fraction of sp³-hybridized carbons (Fsp3) is 0.105. The van der Waals surface area contributed by atoms with Gasteiger partial charge in [-0.25, -0.2) is 9.07 Å². The van der Waals surface area contributed by atoms with Gasteiger partial charge in [0, 0.05) is 23.2 Å². The van der Waals surface area contributed by atoms with Gasteiger partial charge in [-0.15, -0.1) is 5.10 Å². The molecule has 0 radical (unpaired) electrons. The SMILES string of the molecule is CC(=O)Nc1nc2n(n1)[C@H](c1c(F)cccc1Cl)C=C(c1ccccc1)N2. The minimum atomic E-state index is -0.625. The molecule has 0 unspecified atom stereocenters. The van der Waals surface area contributed by atoms with Crippen LogP contribution in [0, 0.1) is 5.82 Å². The van der Waals surface area contributed by atoms with Crippen LogP contribution in [0.25, 0.3) is 5.70 Å². The standard InChI is InChI=1S/C19H15ClFN5O/c1-11(27)22-18-24-19-23-15(12-6-3-2-4-7-12)10-16(26(19)25-18)17-13(20)8-5-9-14(17)21/h2-10,16H,1H3,(H2,22,23,24,25,27)/t16-/m0/s1. The van der Waals surface area contributed by atoms with Crippen molar-refractivity contribution in [3.63, 3.8) is 0 Å². The molecule has 0 aliphatic carbocycles. The van der Waals surface area contributed by atoms with Gasteiger partial charge < -0.3 is 5.32 Å². The molecule has 1 amide bonds. The lowest BCUT2D eigenvalue weighted by atomic mass is 10.0. The highest BCUT2D eigenvalue weighted by molar-refractivity contribution is 6.31. The predicted octanol–water partition coefficient (Wildman–Crippen LogP) is 4.09. The van der Waals surface area contributed by atoms with Crippen molar-refractivity contribution in [1.82, 2.24) is 14.8 Å². The van der Waals surface area contributed by atoms with Crippen LogP contribution < -0.4 is 10.6 Å². The number of amides is 1. The van der Waals surface area contributed by atoms with Gasteiger partial charge in [0.15, 0.2) is 0 Å². The quantitative estimate of drug-likeness (QED) is 0.714. The van der Waals surface area contributed by atoms with Gasteiger partial charge >= 0.3 is 0 Å². The van der Waals surface area contributed by atoms with Crippen molar-refractivity contribution in [3.05, 3.63) is 76.6 Å². The number of halogens is 2. The smallest absolute Gasteiger partial charge is 0.250 e. The van der Waals surface area contributed by atoms with Gasteiger partial charge in [0.1, 0.15) is 11.9 Å². The number of nitrogens with zero attached hydrogens (tertiary/aromatic N) is 3. The third-order valence-corrected chi connectivity index (χ3v) is 4.46. The summed E-state index contributed by atoms with van der Waals surface area (Å²) in [7, 11) is 0. The molecule has 27 heavy (non-hydrogen) atoms. The molecule has 136 valence electrons.